The summed E-state index contributed by atoms with van der Waals surface area (Å²) in [5.41, 5.74) is 10.8. The lowest BCUT2D eigenvalue weighted by atomic mass is 9.79. The minimum absolute atomic E-state index is 0.194. The minimum atomic E-state index is -0.194. The Hall–Kier alpha value is -1.19. The van der Waals surface area contributed by atoms with E-state index in [2.05, 4.69) is 29.2 Å². The molecule has 1 aromatic heterocycles. The fourth-order valence-electron chi connectivity index (χ4n) is 2.37. The summed E-state index contributed by atoms with van der Waals surface area (Å²) in [5.74, 6) is 0. The Morgan fingerprint density at radius 3 is 2.88 bits per heavy atom. The van der Waals surface area contributed by atoms with E-state index < -0.39 is 0 Å². The van der Waals surface area contributed by atoms with Gasteiger partial charge in [-0.05, 0) is 18.4 Å². The standard InChI is InChI=1S/C13H14N2S/c14-13(10-4-2-1-3-5-10)7-6-11-12(8-13)16-9-15-11/h1-5,9H,6-8,14H2. The van der Waals surface area contributed by atoms with Crippen LogP contribution in [-0.4, -0.2) is 4.98 Å². The van der Waals surface area contributed by atoms with Crippen molar-refractivity contribution < 1.29 is 0 Å². The molecular formula is C13H14N2S. The zero-order chi connectivity index (χ0) is 11.0. The van der Waals surface area contributed by atoms with E-state index in [-0.39, 0.29) is 5.54 Å². The summed E-state index contributed by atoms with van der Waals surface area (Å²) >= 11 is 1.73. The highest BCUT2D eigenvalue weighted by Gasteiger charge is 2.33. The molecule has 0 radical (unpaired) electrons. The SMILES string of the molecule is NC1(c2ccccc2)CCc2ncsc2C1. The minimum Gasteiger partial charge on any atom is -0.321 e. The Balaban J connectivity index is 1.98. The molecule has 2 nitrogen and oxygen atoms in total. The number of aromatic nitrogens is 1. The van der Waals surface area contributed by atoms with Gasteiger partial charge in [0.2, 0.25) is 0 Å². The Morgan fingerprint density at radius 1 is 1.25 bits per heavy atom. The van der Waals surface area contributed by atoms with Crippen LogP contribution in [0.1, 0.15) is 22.6 Å². The second kappa shape index (κ2) is 3.68. The molecule has 0 fully saturated rings. The largest absolute Gasteiger partial charge is 0.321 e. The van der Waals surface area contributed by atoms with Crippen LogP contribution in [0.25, 0.3) is 0 Å². The van der Waals surface area contributed by atoms with Gasteiger partial charge in [-0.2, -0.15) is 0 Å². The van der Waals surface area contributed by atoms with Crippen molar-refractivity contribution in [2.45, 2.75) is 24.8 Å². The summed E-state index contributed by atoms with van der Waals surface area (Å²) in [6.45, 7) is 0. The monoisotopic (exact) mass is 230 g/mol. The average molecular weight is 230 g/mol. The Kier molecular flexibility index (Phi) is 2.30. The van der Waals surface area contributed by atoms with Gasteiger partial charge in [0.15, 0.2) is 0 Å². The van der Waals surface area contributed by atoms with E-state index in [1.807, 2.05) is 11.6 Å². The van der Waals surface area contributed by atoms with Gasteiger partial charge in [-0.3, -0.25) is 0 Å². The third-order valence-electron chi connectivity index (χ3n) is 3.36. The van der Waals surface area contributed by atoms with Gasteiger partial charge in [0, 0.05) is 16.8 Å². The van der Waals surface area contributed by atoms with Gasteiger partial charge >= 0.3 is 0 Å². The van der Waals surface area contributed by atoms with Crippen LogP contribution in [0.15, 0.2) is 35.8 Å². The first kappa shape index (κ1) is 10.00. The molecule has 0 amide bonds. The van der Waals surface area contributed by atoms with Crippen molar-refractivity contribution in [1.29, 1.82) is 0 Å². The molecule has 0 saturated carbocycles. The van der Waals surface area contributed by atoms with E-state index in [9.17, 15) is 0 Å². The number of hydrogen-bond acceptors (Lipinski definition) is 3. The van der Waals surface area contributed by atoms with E-state index >= 15 is 0 Å². The molecule has 0 aliphatic heterocycles. The third-order valence-corrected chi connectivity index (χ3v) is 4.23. The van der Waals surface area contributed by atoms with Gasteiger partial charge in [-0.15, -0.1) is 11.3 Å². The molecule has 1 atom stereocenters. The van der Waals surface area contributed by atoms with Crippen molar-refractivity contribution in [3.8, 4) is 0 Å². The third kappa shape index (κ3) is 1.56. The molecule has 1 unspecified atom stereocenters. The summed E-state index contributed by atoms with van der Waals surface area (Å²) in [6, 6.07) is 10.4. The van der Waals surface area contributed by atoms with Crippen molar-refractivity contribution in [2.24, 2.45) is 5.73 Å². The lowest BCUT2D eigenvalue weighted by Crippen LogP contribution is -2.41. The van der Waals surface area contributed by atoms with Crippen LogP contribution in [0.2, 0.25) is 0 Å². The van der Waals surface area contributed by atoms with E-state index in [4.69, 9.17) is 5.73 Å². The lowest BCUT2D eigenvalue weighted by molar-refractivity contribution is 0.386. The number of hydrogen-bond donors (Lipinski definition) is 1. The van der Waals surface area contributed by atoms with Crippen LogP contribution in [0.5, 0.6) is 0 Å². The summed E-state index contributed by atoms with van der Waals surface area (Å²) in [7, 11) is 0. The second-order valence-corrected chi connectivity index (χ2v) is 5.36. The fourth-order valence-corrected chi connectivity index (χ4v) is 3.31. The number of nitrogens with zero attached hydrogens (tertiary/aromatic N) is 1. The number of nitrogens with two attached hydrogens (primary N) is 1. The predicted molar refractivity (Wildman–Crippen MR) is 66.4 cm³/mol. The molecule has 0 spiro atoms. The molecule has 2 N–H and O–H groups in total. The van der Waals surface area contributed by atoms with E-state index in [0.29, 0.717) is 0 Å². The second-order valence-electron chi connectivity index (χ2n) is 4.42. The summed E-state index contributed by atoms with van der Waals surface area (Å²) in [5, 5.41) is 0. The summed E-state index contributed by atoms with van der Waals surface area (Å²) in [6.07, 6.45) is 2.93. The van der Waals surface area contributed by atoms with E-state index in [1.165, 1.54) is 16.1 Å². The van der Waals surface area contributed by atoms with Crippen LogP contribution < -0.4 is 5.73 Å². The maximum absolute atomic E-state index is 6.53. The first-order chi connectivity index (χ1) is 7.78. The number of aryl methyl sites for hydroxylation is 1. The molecule has 1 aromatic carbocycles. The number of thiazole rings is 1. The van der Waals surface area contributed by atoms with Crippen LogP contribution in [0.4, 0.5) is 0 Å². The lowest BCUT2D eigenvalue weighted by Gasteiger charge is -2.33. The molecular weight excluding hydrogens is 216 g/mol. The Morgan fingerprint density at radius 2 is 2.06 bits per heavy atom. The molecule has 1 aliphatic carbocycles. The predicted octanol–water partition coefficient (Wildman–Crippen LogP) is 2.49. The first-order valence-corrected chi connectivity index (χ1v) is 6.41. The maximum Gasteiger partial charge on any atom is 0.0797 e. The molecule has 82 valence electrons. The highest BCUT2D eigenvalue weighted by molar-refractivity contribution is 7.09. The fraction of sp³-hybridized carbons (Fsp3) is 0.308. The van der Waals surface area contributed by atoms with Gasteiger partial charge in [0.1, 0.15) is 0 Å². The number of fused-ring (bicyclic) bond motifs is 1. The highest BCUT2D eigenvalue weighted by atomic mass is 32.1. The Labute approximate surface area is 99.1 Å². The zero-order valence-corrected chi connectivity index (χ0v) is 9.83. The molecule has 1 aliphatic rings. The van der Waals surface area contributed by atoms with E-state index in [0.717, 1.165) is 19.3 Å². The smallest absolute Gasteiger partial charge is 0.0797 e. The molecule has 1 heterocycles. The Bertz CT molecular complexity index is 492. The topological polar surface area (TPSA) is 38.9 Å². The van der Waals surface area contributed by atoms with Gasteiger partial charge in [0.05, 0.1) is 11.2 Å². The van der Waals surface area contributed by atoms with Gasteiger partial charge in [-0.25, -0.2) is 4.98 Å². The van der Waals surface area contributed by atoms with Gasteiger partial charge in [0.25, 0.3) is 0 Å². The van der Waals surface area contributed by atoms with Crippen molar-refractivity contribution in [3.63, 3.8) is 0 Å². The van der Waals surface area contributed by atoms with Crippen LogP contribution in [0.3, 0.4) is 0 Å². The maximum atomic E-state index is 6.53. The summed E-state index contributed by atoms with van der Waals surface area (Å²) in [4.78, 5) is 5.74. The van der Waals surface area contributed by atoms with Crippen molar-refractivity contribution in [3.05, 3.63) is 52.0 Å². The number of rotatable bonds is 1. The quantitative estimate of drug-likeness (QED) is 0.817. The first-order valence-electron chi connectivity index (χ1n) is 5.54. The van der Waals surface area contributed by atoms with Crippen LogP contribution in [0, 0.1) is 0 Å². The molecule has 3 rings (SSSR count). The summed E-state index contributed by atoms with van der Waals surface area (Å²) < 4.78 is 0. The van der Waals surface area contributed by atoms with Crippen molar-refractivity contribution in [2.75, 3.05) is 0 Å². The van der Waals surface area contributed by atoms with Gasteiger partial charge < -0.3 is 5.73 Å². The van der Waals surface area contributed by atoms with E-state index in [1.54, 1.807) is 11.3 Å². The molecule has 0 bridgehead atoms. The highest BCUT2D eigenvalue weighted by Crippen LogP contribution is 2.35. The molecule has 16 heavy (non-hydrogen) atoms. The molecule has 0 saturated heterocycles. The van der Waals surface area contributed by atoms with Crippen LogP contribution >= 0.6 is 11.3 Å². The molecule has 2 aromatic rings. The average Bonchev–Trinajstić information content (AvgIpc) is 2.77. The van der Waals surface area contributed by atoms with Crippen molar-refractivity contribution >= 4 is 11.3 Å². The van der Waals surface area contributed by atoms with Crippen molar-refractivity contribution in [1.82, 2.24) is 4.98 Å². The zero-order valence-electron chi connectivity index (χ0n) is 9.02. The number of benzene rings is 1. The molecule has 3 heteroatoms. The van der Waals surface area contributed by atoms with Crippen LogP contribution in [-0.2, 0) is 18.4 Å². The normalized spacial score (nSPS) is 24.1. The van der Waals surface area contributed by atoms with Gasteiger partial charge in [-0.1, -0.05) is 30.3 Å².